The molecule has 0 bridgehead atoms. The molecule has 1 aromatic rings. The van der Waals surface area contributed by atoms with E-state index in [1.165, 1.54) is 0 Å². The Balaban J connectivity index is 2.10. The monoisotopic (exact) mass is 231 g/mol. The Bertz CT molecular complexity index is 324. The quantitative estimate of drug-likeness (QED) is 0.845. The van der Waals surface area contributed by atoms with Crippen LogP contribution in [0.4, 0.5) is 5.69 Å². The van der Waals surface area contributed by atoms with Crippen LogP contribution < -0.4 is 5.32 Å². The van der Waals surface area contributed by atoms with Crippen molar-refractivity contribution in [2.75, 3.05) is 18.5 Å². The fourth-order valence-electron chi connectivity index (χ4n) is 1.48. The molecule has 1 saturated heterocycles. The minimum absolute atomic E-state index is 0.353. The molecule has 2 nitrogen and oxygen atoms in total. The van der Waals surface area contributed by atoms with Crippen molar-refractivity contribution in [2.45, 2.75) is 12.5 Å². The summed E-state index contributed by atoms with van der Waals surface area (Å²) >= 11 is 11.9. The molecule has 1 fully saturated rings. The maximum absolute atomic E-state index is 6.01. The number of nitrogens with one attached hydrogen (secondary N) is 1. The first-order valence-electron chi connectivity index (χ1n) is 4.55. The van der Waals surface area contributed by atoms with Crippen molar-refractivity contribution in [3.8, 4) is 0 Å². The number of ether oxygens (including phenoxy) is 1. The van der Waals surface area contributed by atoms with Gasteiger partial charge in [0.15, 0.2) is 0 Å². The van der Waals surface area contributed by atoms with Gasteiger partial charge in [-0.25, -0.2) is 0 Å². The van der Waals surface area contributed by atoms with Crippen molar-refractivity contribution >= 4 is 28.9 Å². The van der Waals surface area contributed by atoms with Crippen LogP contribution >= 0.6 is 23.2 Å². The molecule has 76 valence electrons. The van der Waals surface area contributed by atoms with Crippen LogP contribution in [-0.2, 0) is 4.74 Å². The zero-order valence-corrected chi connectivity index (χ0v) is 9.11. The molecule has 0 amide bonds. The molecular weight excluding hydrogens is 221 g/mol. The van der Waals surface area contributed by atoms with Gasteiger partial charge in [-0.1, -0.05) is 23.2 Å². The van der Waals surface area contributed by atoms with Crippen LogP contribution in [0.15, 0.2) is 18.2 Å². The van der Waals surface area contributed by atoms with Gasteiger partial charge in [0, 0.05) is 11.6 Å². The average Bonchev–Trinajstić information content (AvgIpc) is 2.64. The van der Waals surface area contributed by atoms with Crippen molar-refractivity contribution in [3.63, 3.8) is 0 Å². The van der Waals surface area contributed by atoms with Crippen molar-refractivity contribution < 1.29 is 4.74 Å². The van der Waals surface area contributed by atoms with E-state index in [4.69, 9.17) is 27.9 Å². The minimum Gasteiger partial charge on any atom is -0.379 e. The minimum atomic E-state index is 0.353. The lowest BCUT2D eigenvalue weighted by molar-refractivity contribution is 0.195. The van der Waals surface area contributed by atoms with Gasteiger partial charge >= 0.3 is 0 Å². The van der Waals surface area contributed by atoms with Crippen LogP contribution in [0.5, 0.6) is 0 Å². The first-order chi connectivity index (χ1) is 6.75. The molecule has 2 rings (SSSR count). The summed E-state index contributed by atoms with van der Waals surface area (Å²) in [5.74, 6) is 0. The predicted molar refractivity (Wildman–Crippen MR) is 59.3 cm³/mol. The lowest BCUT2D eigenvalue weighted by Gasteiger charge is -2.13. The van der Waals surface area contributed by atoms with Crippen molar-refractivity contribution in [2.24, 2.45) is 0 Å². The Morgan fingerprint density at radius 3 is 2.93 bits per heavy atom. The Morgan fingerprint density at radius 1 is 1.36 bits per heavy atom. The zero-order valence-electron chi connectivity index (χ0n) is 7.59. The Hall–Kier alpha value is -0.440. The molecular formula is C10H11Cl2NO. The lowest BCUT2D eigenvalue weighted by Crippen LogP contribution is -2.18. The van der Waals surface area contributed by atoms with Crippen molar-refractivity contribution in [1.82, 2.24) is 0 Å². The Morgan fingerprint density at radius 2 is 2.21 bits per heavy atom. The largest absolute Gasteiger partial charge is 0.379 e. The van der Waals surface area contributed by atoms with E-state index in [2.05, 4.69) is 5.32 Å². The summed E-state index contributed by atoms with van der Waals surface area (Å²) in [5.41, 5.74) is 0.884. The van der Waals surface area contributed by atoms with E-state index in [0.717, 1.165) is 25.3 Å². The average molecular weight is 232 g/mol. The highest BCUT2D eigenvalue weighted by Crippen LogP contribution is 2.26. The first kappa shape index (κ1) is 10.1. The van der Waals surface area contributed by atoms with Gasteiger partial charge < -0.3 is 10.1 Å². The number of halogens is 2. The standard InChI is InChI=1S/C10H11Cl2NO/c11-7-1-2-9(12)10(5-7)13-8-3-4-14-6-8/h1-2,5,8,13H,3-4,6H2. The summed E-state index contributed by atoms with van der Waals surface area (Å²) in [7, 11) is 0. The third kappa shape index (κ3) is 2.32. The number of benzene rings is 1. The third-order valence-corrected chi connectivity index (χ3v) is 2.78. The maximum atomic E-state index is 6.01. The molecule has 0 spiro atoms. The van der Waals surface area contributed by atoms with Crippen LogP contribution in [0.1, 0.15) is 6.42 Å². The molecule has 0 aliphatic carbocycles. The molecule has 1 atom stereocenters. The molecule has 1 aliphatic rings. The Kier molecular flexibility index (Phi) is 3.16. The van der Waals surface area contributed by atoms with Gasteiger partial charge in [0.05, 0.1) is 23.4 Å². The lowest BCUT2D eigenvalue weighted by atomic mass is 10.2. The summed E-state index contributed by atoms with van der Waals surface area (Å²) in [6.07, 6.45) is 1.02. The molecule has 1 heterocycles. The van der Waals surface area contributed by atoms with E-state index < -0.39 is 0 Å². The third-order valence-electron chi connectivity index (χ3n) is 2.22. The summed E-state index contributed by atoms with van der Waals surface area (Å²) in [6, 6.07) is 5.76. The second-order valence-electron chi connectivity index (χ2n) is 3.33. The van der Waals surface area contributed by atoms with Crippen LogP contribution in [0.2, 0.25) is 10.0 Å². The van der Waals surface area contributed by atoms with Gasteiger partial charge in [-0.2, -0.15) is 0 Å². The number of rotatable bonds is 2. The summed E-state index contributed by atoms with van der Waals surface area (Å²) in [5, 5.41) is 4.69. The molecule has 1 unspecified atom stereocenters. The van der Waals surface area contributed by atoms with E-state index >= 15 is 0 Å². The van der Waals surface area contributed by atoms with E-state index in [9.17, 15) is 0 Å². The molecule has 4 heteroatoms. The SMILES string of the molecule is Clc1ccc(Cl)c(NC2CCOC2)c1. The molecule has 0 aromatic heterocycles. The van der Waals surface area contributed by atoms with Crippen LogP contribution in [0, 0.1) is 0 Å². The zero-order chi connectivity index (χ0) is 9.97. The normalized spacial score (nSPS) is 21.1. The second-order valence-corrected chi connectivity index (χ2v) is 4.17. The molecule has 1 N–H and O–H groups in total. The predicted octanol–water partition coefficient (Wildman–Crippen LogP) is 3.19. The van der Waals surface area contributed by atoms with Crippen molar-refractivity contribution in [1.29, 1.82) is 0 Å². The number of hydrogen-bond donors (Lipinski definition) is 1. The first-order valence-corrected chi connectivity index (χ1v) is 5.30. The van der Waals surface area contributed by atoms with Crippen molar-refractivity contribution in [3.05, 3.63) is 28.2 Å². The van der Waals surface area contributed by atoms with Gasteiger partial charge in [-0.15, -0.1) is 0 Å². The fraction of sp³-hybridized carbons (Fsp3) is 0.400. The molecule has 0 saturated carbocycles. The van der Waals surface area contributed by atoms with Gasteiger partial charge in [-0.3, -0.25) is 0 Å². The molecule has 14 heavy (non-hydrogen) atoms. The number of anilines is 1. The van der Waals surface area contributed by atoms with E-state index in [0.29, 0.717) is 16.1 Å². The second kappa shape index (κ2) is 4.39. The fourth-order valence-corrected chi connectivity index (χ4v) is 1.82. The maximum Gasteiger partial charge on any atom is 0.0668 e. The van der Waals surface area contributed by atoms with Crippen LogP contribution in [-0.4, -0.2) is 19.3 Å². The molecule has 0 radical (unpaired) electrons. The summed E-state index contributed by atoms with van der Waals surface area (Å²) < 4.78 is 5.26. The van der Waals surface area contributed by atoms with Gasteiger partial charge in [0.2, 0.25) is 0 Å². The topological polar surface area (TPSA) is 21.3 Å². The number of hydrogen-bond acceptors (Lipinski definition) is 2. The van der Waals surface area contributed by atoms with Gasteiger partial charge in [0.1, 0.15) is 0 Å². The molecule has 1 aliphatic heterocycles. The highest BCUT2D eigenvalue weighted by Gasteiger charge is 2.16. The smallest absolute Gasteiger partial charge is 0.0668 e. The Labute approximate surface area is 93.2 Å². The summed E-state index contributed by atoms with van der Waals surface area (Å²) in [6.45, 7) is 1.55. The van der Waals surface area contributed by atoms with Crippen LogP contribution in [0.25, 0.3) is 0 Å². The summed E-state index contributed by atoms with van der Waals surface area (Å²) in [4.78, 5) is 0. The van der Waals surface area contributed by atoms with Crippen LogP contribution in [0.3, 0.4) is 0 Å². The van der Waals surface area contributed by atoms with E-state index in [-0.39, 0.29) is 0 Å². The van der Waals surface area contributed by atoms with Gasteiger partial charge in [0.25, 0.3) is 0 Å². The van der Waals surface area contributed by atoms with E-state index in [1.807, 2.05) is 6.07 Å². The van der Waals surface area contributed by atoms with Gasteiger partial charge in [-0.05, 0) is 24.6 Å². The molecule has 1 aromatic carbocycles. The van der Waals surface area contributed by atoms with E-state index in [1.54, 1.807) is 12.1 Å². The highest BCUT2D eigenvalue weighted by atomic mass is 35.5. The highest BCUT2D eigenvalue weighted by molar-refractivity contribution is 6.35.